The second-order valence-corrected chi connectivity index (χ2v) is 5.19. The summed E-state index contributed by atoms with van der Waals surface area (Å²) in [6, 6.07) is 2.03. The van der Waals surface area contributed by atoms with E-state index >= 15 is 0 Å². The first-order valence-electron chi connectivity index (χ1n) is 6.03. The van der Waals surface area contributed by atoms with Gasteiger partial charge in [0, 0.05) is 25.2 Å². The molecule has 2 unspecified atom stereocenters. The van der Waals surface area contributed by atoms with Gasteiger partial charge in [0.2, 0.25) is 0 Å². The van der Waals surface area contributed by atoms with E-state index < -0.39 is 5.82 Å². The van der Waals surface area contributed by atoms with Gasteiger partial charge in [-0.2, -0.15) is 0 Å². The smallest absolute Gasteiger partial charge is 0.164 e. The van der Waals surface area contributed by atoms with Gasteiger partial charge in [-0.05, 0) is 25.3 Å². The molecule has 1 aromatic heterocycles. The first-order valence-corrected chi connectivity index (χ1v) is 6.41. The fraction of sp³-hybridized carbons (Fsp3) is 0.583. The molecule has 1 aromatic rings. The molecule has 2 atom stereocenters. The summed E-state index contributed by atoms with van der Waals surface area (Å²) >= 11 is 5.60. The molecule has 1 N–H and O–H groups in total. The Morgan fingerprint density at radius 1 is 1.53 bits per heavy atom. The largest absolute Gasteiger partial charge is 0.369 e. The van der Waals surface area contributed by atoms with E-state index in [4.69, 9.17) is 11.6 Å². The SMILES string of the molecule is Fc1cc(N2CCCC3CNC3C2)cnc1Cl. The van der Waals surface area contributed by atoms with Crippen molar-refractivity contribution in [1.82, 2.24) is 10.3 Å². The standard InChI is InChI=1S/C12H15ClFN3/c13-12-10(14)4-9(6-16-12)17-3-1-2-8-5-15-11(8)7-17/h4,6,8,11,15H,1-3,5,7H2. The molecule has 0 bridgehead atoms. The number of halogens is 2. The summed E-state index contributed by atoms with van der Waals surface area (Å²) < 4.78 is 13.4. The molecule has 3 nitrogen and oxygen atoms in total. The number of rotatable bonds is 1. The molecular weight excluding hydrogens is 241 g/mol. The van der Waals surface area contributed by atoms with Crippen LogP contribution in [0.15, 0.2) is 12.3 Å². The lowest BCUT2D eigenvalue weighted by atomic mass is 9.89. The second kappa shape index (κ2) is 4.42. The van der Waals surface area contributed by atoms with Crippen molar-refractivity contribution >= 4 is 17.3 Å². The normalized spacial score (nSPS) is 28.2. The zero-order valence-electron chi connectivity index (χ0n) is 9.50. The highest BCUT2D eigenvalue weighted by Gasteiger charge is 2.33. The Morgan fingerprint density at radius 3 is 3.12 bits per heavy atom. The Kier molecular flexibility index (Phi) is 2.92. The van der Waals surface area contributed by atoms with Crippen LogP contribution < -0.4 is 10.2 Å². The predicted octanol–water partition coefficient (Wildman–Crippen LogP) is 2.06. The first-order chi connectivity index (χ1) is 8.24. The van der Waals surface area contributed by atoms with Crippen LogP contribution in [0.4, 0.5) is 10.1 Å². The molecule has 92 valence electrons. The third-order valence-corrected chi connectivity index (χ3v) is 4.06. The quantitative estimate of drug-likeness (QED) is 0.779. The molecule has 0 radical (unpaired) electrons. The fourth-order valence-corrected chi connectivity index (χ4v) is 2.76. The van der Waals surface area contributed by atoms with E-state index in [-0.39, 0.29) is 5.15 Å². The molecule has 3 heterocycles. The molecule has 0 aliphatic carbocycles. The lowest BCUT2D eigenvalue weighted by Crippen LogP contribution is -2.56. The third-order valence-electron chi connectivity index (χ3n) is 3.78. The van der Waals surface area contributed by atoms with Gasteiger partial charge in [0.25, 0.3) is 0 Å². The Labute approximate surface area is 105 Å². The van der Waals surface area contributed by atoms with Crippen molar-refractivity contribution in [2.24, 2.45) is 5.92 Å². The first kappa shape index (κ1) is 11.2. The Balaban J connectivity index is 1.80. The van der Waals surface area contributed by atoms with Crippen molar-refractivity contribution in [3.63, 3.8) is 0 Å². The second-order valence-electron chi connectivity index (χ2n) is 4.83. The Bertz CT molecular complexity index is 426. The van der Waals surface area contributed by atoms with Crippen molar-refractivity contribution in [2.45, 2.75) is 18.9 Å². The van der Waals surface area contributed by atoms with E-state index in [1.807, 2.05) is 0 Å². The van der Waals surface area contributed by atoms with Gasteiger partial charge in [-0.3, -0.25) is 0 Å². The van der Waals surface area contributed by atoms with Crippen LogP contribution in [-0.4, -0.2) is 30.7 Å². The fourth-order valence-electron chi connectivity index (χ4n) is 2.66. The highest BCUT2D eigenvalue weighted by Crippen LogP contribution is 2.27. The van der Waals surface area contributed by atoms with Crippen LogP contribution in [0.2, 0.25) is 5.15 Å². The summed E-state index contributed by atoms with van der Waals surface area (Å²) in [6.07, 6.45) is 4.08. The van der Waals surface area contributed by atoms with Gasteiger partial charge < -0.3 is 10.2 Å². The zero-order valence-corrected chi connectivity index (χ0v) is 10.3. The van der Waals surface area contributed by atoms with Crippen LogP contribution >= 0.6 is 11.6 Å². The van der Waals surface area contributed by atoms with Crippen molar-refractivity contribution in [2.75, 3.05) is 24.5 Å². The Morgan fingerprint density at radius 2 is 2.41 bits per heavy atom. The van der Waals surface area contributed by atoms with Crippen LogP contribution in [-0.2, 0) is 0 Å². The van der Waals surface area contributed by atoms with Crippen LogP contribution in [0, 0.1) is 11.7 Å². The minimum Gasteiger partial charge on any atom is -0.369 e. The molecule has 2 aliphatic rings. The average Bonchev–Trinajstić information content (AvgIpc) is 2.43. The van der Waals surface area contributed by atoms with Crippen molar-refractivity contribution in [3.05, 3.63) is 23.2 Å². The summed E-state index contributed by atoms with van der Waals surface area (Å²) in [5, 5.41) is 3.38. The van der Waals surface area contributed by atoms with Gasteiger partial charge in [0.15, 0.2) is 11.0 Å². The summed E-state index contributed by atoms with van der Waals surface area (Å²) in [4.78, 5) is 6.07. The van der Waals surface area contributed by atoms with Crippen LogP contribution in [0.5, 0.6) is 0 Å². The molecular formula is C12H15ClFN3. The number of hydrogen-bond donors (Lipinski definition) is 1. The molecule has 0 amide bonds. The average molecular weight is 256 g/mol. The van der Waals surface area contributed by atoms with Gasteiger partial charge >= 0.3 is 0 Å². The molecule has 0 aromatic carbocycles. The number of anilines is 1. The summed E-state index contributed by atoms with van der Waals surface area (Å²) in [6.45, 7) is 3.04. The summed E-state index contributed by atoms with van der Waals surface area (Å²) in [7, 11) is 0. The number of pyridine rings is 1. The number of nitrogens with one attached hydrogen (secondary N) is 1. The van der Waals surface area contributed by atoms with E-state index in [0.717, 1.165) is 37.7 Å². The predicted molar refractivity (Wildman–Crippen MR) is 65.9 cm³/mol. The van der Waals surface area contributed by atoms with Crippen LogP contribution in [0.25, 0.3) is 0 Å². The van der Waals surface area contributed by atoms with Crippen molar-refractivity contribution in [3.8, 4) is 0 Å². The summed E-state index contributed by atoms with van der Waals surface area (Å²) in [5.74, 6) is 0.358. The number of hydrogen-bond acceptors (Lipinski definition) is 3. The molecule has 17 heavy (non-hydrogen) atoms. The highest BCUT2D eigenvalue weighted by molar-refractivity contribution is 6.29. The monoisotopic (exact) mass is 255 g/mol. The van der Waals surface area contributed by atoms with Gasteiger partial charge in [-0.1, -0.05) is 11.6 Å². The van der Waals surface area contributed by atoms with Crippen LogP contribution in [0.3, 0.4) is 0 Å². The summed E-state index contributed by atoms with van der Waals surface area (Å²) in [5.41, 5.74) is 0.834. The molecule has 2 saturated heterocycles. The minimum atomic E-state index is -0.438. The van der Waals surface area contributed by atoms with E-state index in [1.165, 1.54) is 12.5 Å². The van der Waals surface area contributed by atoms with E-state index in [1.54, 1.807) is 6.20 Å². The maximum absolute atomic E-state index is 13.4. The van der Waals surface area contributed by atoms with Gasteiger partial charge in [-0.15, -0.1) is 0 Å². The molecule has 3 rings (SSSR count). The molecule has 5 heteroatoms. The Hall–Kier alpha value is -0.870. The maximum Gasteiger partial charge on any atom is 0.164 e. The van der Waals surface area contributed by atoms with E-state index in [0.29, 0.717) is 6.04 Å². The van der Waals surface area contributed by atoms with Crippen LogP contribution in [0.1, 0.15) is 12.8 Å². The lowest BCUT2D eigenvalue weighted by molar-refractivity contribution is 0.234. The highest BCUT2D eigenvalue weighted by atomic mass is 35.5. The number of nitrogens with zero attached hydrogens (tertiary/aromatic N) is 2. The number of aromatic nitrogens is 1. The van der Waals surface area contributed by atoms with E-state index in [9.17, 15) is 4.39 Å². The lowest BCUT2D eigenvalue weighted by Gasteiger charge is -2.38. The van der Waals surface area contributed by atoms with E-state index in [2.05, 4.69) is 15.2 Å². The van der Waals surface area contributed by atoms with Gasteiger partial charge in [0.05, 0.1) is 11.9 Å². The molecule has 2 aliphatic heterocycles. The van der Waals surface area contributed by atoms with Gasteiger partial charge in [-0.25, -0.2) is 9.37 Å². The molecule has 0 spiro atoms. The minimum absolute atomic E-state index is 0.0526. The van der Waals surface area contributed by atoms with Crippen molar-refractivity contribution < 1.29 is 4.39 Å². The molecule has 2 fully saturated rings. The third kappa shape index (κ3) is 2.11. The topological polar surface area (TPSA) is 28.2 Å². The van der Waals surface area contributed by atoms with Gasteiger partial charge in [0.1, 0.15) is 0 Å². The number of fused-ring (bicyclic) bond motifs is 1. The molecule has 0 saturated carbocycles. The zero-order chi connectivity index (χ0) is 11.8. The van der Waals surface area contributed by atoms with Crippen molar-refractivity contribution in [1.29, 1.82) is 0 Å². The maximum atomic E-state index is 13.4.